The van der Waals surface area contributed by atoms with Crippen LogP contribution in [0.3, 0.4) is 0 Å². The van der Waals surface area contributed by atoms with Crippen molar-refractivity contribution in [2.75, 3.05) is 12.3 Å². The molecule has 0 saturated carbocycles. The zero-order valence-electron chi connectivity index (χ0n) is 10.6. The maximum absolute atomic E-state index is 13.7. The zero-order chi connectivity index (χ0) is 13.8. The number of nitrogen functional groups attached to an aromatic ring is 1. The molecule has 2 rings (SSSR count). The number of nitrogens with two attached hydrogens (primary N) is 1. The Kier molecular flexibility index (Phi) is 3.94. The maximum Gasteiger partial charge on any atom is 0.326 e. The van der Waals surface area contributed by atoms with Gasteiger partial charge in [0.15, 0.2) is 5.82 Å². The first-order valence-corrected chi connectivity index (χ1v) is 6.04. The third-order valence-electron chi connectivity index (χ3n) is 2.70. The molecule has 19 heavy (non-hydrogen) atoms. The fraction of sp³-hybridized carbons (Fsp3) is 0.417. The highest BCUT2D eigenvalue weighted by molar-refractivity contribution is 5.87. The van der Waals surface area contributed by atoms with Gasteiger partial charge in [0.1, 0.15) is 24.3 Å². The lowest BCUT2D eigenvalue weighted by Gasteiger charge is -2.05. The summed E-state index contributed by atoms with van der Waals surface area (Å²) >= 11 is 0. The number of nitrogens with zero attached hydrogens (tertiary/aromatic N) is 3. The van der Waals surface area contributed by atoms with Crippen molar-refractivity contribution in [2.45, 2.75) is 26.3 Å². The van der Waals surface area contributed by atoms with Crippen LogP contribution >= 0.6 is 0 Å². The zero-order valence-corrected chi connectivity index (χ0v) is 10.6. The molecular weight excluding hydrogens is 251 g/mol. The van der Waals surface area contributed by atoms with Gasteiger partial charge in [-0.3, -0.25) is 4.79 Å². The molecule has 0 atom stereocenters. The second-order valence-corrected chi connectivity index (χ2v) is 4.14. The molecule has 0 aromatic carbocycles. The van der Waals surface area contributed by atoms with E-state index in [1.165, 1.54) is 17.1 Å². The van der Waals surface area contributed by atoms with Crippen LogP contribution in [0.25, 0.3) is 11.0 Å². The summed E-state index contributed by atoms with van der Waals surface area (Å²) in [5, 5.41) is 0.129. The molecule has 0 bridgehead atoms. The van der Waals surface area contributed by atoms with Crippen LogP contribution in [-0.4, -0.2) is 27.1 Å². The number of hydrogen-bond donors (Lipinski definition) is 1. The lowest BCUT2D eigenvalue weighted by atomic mass is 10.4. The van der Waals surface area contributed by atoms with Crippen LogP contribution in [0.4, 0.5) is 10.2 Å². The van der Waals surface area contributed by atoms with Crippen LogP contribution in [0.5, 0.6) is 0 Å². The fourth-order valence-electron chi connectivity index (χ4n) is 1.73. The van der Waals surface area contributed by atoms with Gasteiger partial charge in [-0.25, -0.2) is 14.4 Å². The Hall–Kier alpha value is -2.18. The van der Waals surface area contributed by atoms with Gasteiger partial charge in [0.05, 0.1) is 12.0 Å². The monoisotopic (exact) mass is 266 g/mol. The summed E-state index contributed by atoms with van der Waals surface area (Å²) in [6.07, 6.45) is 4.16. The Morgan fingerprint density at radius 3 is 3.05 bits per heavy atom. The van der Waals surface area contributed by atoms with Gasteiger partial charge < -0.3 is 15.0 Å². The molecule has 0 amide bonds. The molecule has 0 aliphatic heterocycles. The highest BCUT2D eigenvalue weighted by atomic mass is 19.1. The highest BCUT2D eigenvalue weighted by Crippen LogP contribution is 2.21. The number of esters is 1. The highest BCUT2D eigenvalue weighted by Gasteiger charge is 2.15. The van der Waals surface area contributed by atoms with Crippen LogP contribution in [0.2, 0.25) is 0 Å². The van der Waals surface area contributed by atoms with Gasteiger partial charge >= 0.3 is 5.97 Å². The van der Waals surface area contributed by atoms with Gasteiger partial charge in [-0.2, -0.15) is 0 Å². The molecule has 0 radical (unpaired) electrons. The molecular formula is C12H15FN4O2. The molecule has 6 nitrogen and oxygen atoms in total. The first-order valence-electron chi connectivity index (χ1n) is 6.04. The fourth-order valence-corrected chi connectivity index (χ4v) is 1.73. The number of hydrogen-bond acceptors (Lipinski definition) is 5. The van der Waals surface area contributed by atoms with Crippen LogP contribution in [0.1, 0.15) is 19.8 Å². The van der Waals surface area contributed by atoms with Crippen molar-refractivity contribution in [1.29, 1.82) is 0 Å². The Balaban J connectivity index is 2.17. The van der Waals surface area contributed by atoms with Gasteiger partial charge in [-0.1, -0.05) is 13.3 Å². The number of carbonyl (C=O) groups is 1. The average molecular weight is 266 g/mol. The quantitative estimate of drug-likeness (QED) is 0.655. The predicted octanol–water partition coefficient (Wildman–Crippen LogP) is 1.50. The third kappa shape index (κ3) is 2.81. The first kappa shape index (κ1) is 13.3. The first-order chi connectivity index (χ1) is 9.13. The molecule has 2 heterocycles. The largest absolute Gasteiger partial charge is 0.464 e. The summed E-state index contributed by atoms with van der Waals surface area (Å²) in [7, 11) is 0. The number of rotatable bonds is 5. The van der Waals surface area contributed by atoms with Crippen molar-refractivity contribution in [3.05, 3.63) is 18.3 Å². The molecule has 7 heteroatoms. The third-order valence-corrected chi connectivity index (χ3v) is 2.70. The minimum Gasteiger partial charge on any atom is -0.464 e. The number of fused-ring (bicyclic) bond motifs is 1. The standard InChI is InChI=1S/C12H15FN4O2/c1-2-3-4-19-9(18)6-17-5-8(13)10-11(14)15-7-16-12(10)17/h5,7H,2-4,6H2,1H3,(H2,14,15,16). The van der Waals surface area contributed by atoms with Gasteiger partial charge in [-0.05, 0) is 6.42 Å². The maximum atomic E-state index is 13.7. The van der Waals surface area contributed by atoms with Crippen LogP contribution in [0, 0.1) is 5.82 Å². The molecule has 0 aliphatic rings. The molecule has 2 aromatic rings. The molecule has 2 aromatic heterocycles. The molecule has 0 spiro atoms. The smallest absolute Gasteiger partial charge is 0.326 e. The van der Waals surface area contributed by atoms with Crippen molar-refractivity contribution in [1.82, 2.24) is 14.5 Å². The van der Waals surface area contributed by atoms with E-state index in [-0.39, 0.29) is 23.4 Å². The molecule has 102 valence electrons. The lowest BCUT2D eigenvalue weighted by molar-refractivity contribution is -0.144. The summed E-state index contributed by atoms with van der Waals surface area (Å²) in [5.74, 6) is -0.919. The molecule has 0 saturated heterocycles. The van der Waals surface area contributed by atoms with E-state index in [0.717, 1.165) is 12.8 Å². The number of carbonyl (C=O) groups excluding carboxylic acids is 1. The van der Waals surface area contributed by atoms with Crippen LogP contribution < -0.4 is 5.73 Å². The number of unbranched alkanes of at least 4 members (excludes halogenated alkanes) is 1. The second kappa shape index (κ2) is 5.64. The topological polar surface area (TPSA) is 83.0 Å². The summed E-state index contributed by atoms with van der Waals surface area (Å²) in [6.45, 7) is 2.27. The number of anilines is 1. The van der Waals surface area contributed by atoms with Crippen molar-refractivity contribution >= 4 is 22.8 Å². The van der Waals surface area contributed by atoms with E-state index in [1.54, 1.807) is 0 Å². The molecule has 0 unspecified atom stereocenters. The van der Waals surface area contributed by atoms with Gasteiger partial charge in [0.25, 0.3) is 0 Å². The van der Waals surface area contributed by atoms with Crippen LogP contribution in [0.15, 0.2) is 12.5 Å². The van der Waals surface area contributed by atoms with E-state index in [4.69, 9.17) is 10.5 Å². The van der Waals surface area contributed by atoms with E-state index in [1.807, 2.05) is 6.92 Å². The van der Waals surface area contributed by atoms with Crippen molar-refractivity contribution < 1.29 is 13.9 Å². The summed E-state index contributed by atoms with van der Waals surface area (Å²) in [6, 6.07) is 0. The van der Waals surface area contributed by atoms with Crippen molar-refractivity contribution in [3.63, 3.8) is 0 Å². The number of ether oxygens (including phenoxy) is 1. The Morgan fingerprint density at radius 2 is 2.32 bits per heavy atom. The molecule has 0 aliphatic carbocycles. The van der Waals surface area contributed by atoms with E-state index in [9.17, 15) is 9.18 Å². The Bertz CT molecular complexity index is 597. The van der Waals surface area contributed by atoms with Crippen molar-refractivity contribution in [2.24, 2.45) is 0 Å². The Labute approximate surface area is 109 Å². The minimum absolute atomic E-state index is 0.0561. The summed E-state index contributed by atoms with van der Waals surface area (Å²) in [4.78, 5) is 19.2. The number of halogens is 1. The van der Waals surface area contributed by atoms with Crippen molar-refractivity contribution in [3.8, 4) is 0 Å². The summed E-state index contributed by atoms with van der Waals surface area (Å²) in [5.41, 5.74) is 5.87. The van der Waals surface area contributed by atoms with Gasteiger partial charge in [-0.15, -0.1) is 0 Å². The van der Waals surface area contributed by atoms with E-state index in [2.05, 4.69) is 9.97 Å². The normalized spacial score (nSPS) is 10.8. The SMILES string of the molecule is CCCCOC(=O)Cn1cc(F)c2c(N)ncnc21. The Morgan fingerprint density at radius 1 is 1.53 bits per heavy atom. The van der Waals surface area contributed by atoms with Gasteiger partial charge in [0.2, 0.25) is 0 Å². The molecule has 0 fully saturated rings. The lowest BCUT2D eigenvalue weighted by Crippen LogP contribution is -2.14. The van der Waals surface area contributed by atoms with E-state index in [0.29, 0.717) is 6.61 Å². The van der Waals surface area contributed by atoms with Gasteiger partial charge in [0, 0.05) is 6.20 Å². The molecule has 2 N–H and O–H groups in total. The predicted molar refractivity (Wildman–Crippen MR) is 67.8 cm³/mol. The average Bonchev–Trinajstić information content (AvgIpc) is 2.68. The van der Waals surface area contributed by atoms with Crippen LogP contribution in [-0.2, 0) is 16.1 Å². The number of aromatic nitrogens is 3. The van der Waals surface area contributed by atoms with E-state index >= 15 is 0 Å². The van der Waals surface area contributed by atoms with E-state index < -0.39 is 11.8 Å². The summed E-state index contributed by atoms with van der Waals surface area (Å²) < 4.78 is 20.1. The second-order valence-electron chi connectivity index (χ2n) is 4.14. The minimum atomic E-state index is -0.547.